The van der Waals surface area contributed by atoms with Crippen LogP contribution in [0.1, 0.15) is 31.7 Å². The fourth-order valence-corrected chi connectivity index (χ4v) is 3.56. The number of carbonyl (C=O) groups excluding carboxylic acids is 1. The quantitative estimate of drug-likeness (QED) is 0.486. The molecule has 0 heterocycles. The standard InChI is InChI=1S/C17H26N2O4S/c1-2-3-7-12-24(21,22)16(10-11-18)23-17(20)15(19)13-14-8-5-4-6-9-14/h4-6,8-11,15-16H,2-3,7,12-13,18-19H2,1H3/t15-,16?/m0/s1. The number of esters is 1. The molecule has 0 radical (unpaired) electrons. The summed E-state index contributed by atoms with van der Waals surface area (Å²) in [4.78, 5) is 12.1. The maximum absolute atomic E-state index is 12.3. The van der Waals surface area contributed by atoms with Crippen LogP contribution in [0.2, 0.25) is 0 Å². The molecule has 4 N–H and O–H groups in total. The van der Waals surface area contributed by atoms with Crippen LogP contribution in [0.15, 0.2) is 42.6 Å². The average molecular weight is 354 g/mol. The monoisotopic (exact) mass is 354 g/mol. The second-order valence-electron chi connectivity index (χ2n) is 5.56. The summed E-state index contributed by atoms with van der Waals surface area (Å²) in [5, 5.41) is 0. The van der Waals surface area contributed by atoms with Gasteiger partial charge >= 0.3 is 5.97 Å². The number of rotatable bonds is 10. The van der Waals surface area contributed by atoms with Crippen molar-refractivity contribution in [3.8, 4) is 0 Å². The average Bonchev–Trinajstić information content (AvgIpc) is 2.55. The first-order valence-corrected chi connectivity index (χ1v) is 9.72. The smallest absolute Gasteiger partial charge is 0.324 e. The molecule has 24 heavy (non-hydrogen) atoms. The fourth-order valence-electron chi connectivity index (χ4n) is 2.15. The number of benzene rings is 1. The van der Waals surface area contributed by atoms with Gasteiger partial charge in [-0.25, -0.2) is 8.42 Å². The van der Waals surface area contributed by atoms with Crippen LogP contribution < -0.4 is 11.5 Å². The molecule has 7 heteroatoms. The molecule has 0 aliphatic carbocycles. The first kappa shape index (κ1) is 20.2. The molecule has 1 unspecified atom stereocenters. The van der Waals surface area contributed by atoms with Crippen LogP contribution in [0.4, 0.5) is 0 Å². The molecule has 6 nitrogen and oxygen atoms in total. The predicted octanol–water partition coefficient (Wildman–Crippen LogP) is 1.50. The molecule has 1 rings (SSSR count). The third-order valence-electron chi connectivity index (χ3n) is 3.49. The lowest BCUT2D eigenvalue weighted by atomic mass is 10.1. The Morgan fingerprint density at radius 3 is 2.50 bits per heavy atom. The molecule has 0 aliphatic heterocycles. The van der Waals surface area contributed by atoms with E-state index in [9.17, 15) is 13.2 Å². The molecular weight excluding hydrogens is 328 g/mol. The van der Waals surface area contributed by atoms with Crippen LogP contribution in [0.3, 0.4) is 0 Å². The van der Waals surface area contributed by atoms with Crippen LogP contribution in [-0.4, -0.2) is 31.6 Å². The van der Waals surface area contributed by atoms with Gasteiger partial charge in [0.1, 0.15) is 6.04 Å². The third-order valence-corrected chi connectivity index (χ3v) is 5.31. The number of hydrogen-bond acceptors (Lipinski definition) is 6. The molecule has 134 valence electrons. The minimum absolute atomic E-state index is 0.0585. The third kappa shape index (κ3) is 6.72. The summed E-state index contributed by atoms with van der Waals surface area (Å²) < 4.78 is 29.7. The molecule has 0 spiro atoms. The minimum atomic E-state index is -3.62. The van der Waals surface area contributed by atoms with Crippen LogP contribution in [0.5, 0.6) is 0 Å². The van der Waals surface area contributed by atoms with Gasteiger partial charge in [0, 0.05) is 0 Å². The van der Waals surface area contributed by atoms with Crippen LogP contribution in [0, 0.1) is 0 Å². The molecule has 2 atom stereocenters. The molecule has 0 fully saturated rings. The molecule has 0 aliphatic rings. The highest BCUT2D eigenvalue weighted by Gasteiger charge is 2.28. The largest absolute Gasteiger partial charge is 0.440 e. The van der Waals surface area contributed by atoms with Crippen molar-refractivity contribution in [3.05, 3.63) is 48.2 Å². The predicted molar refractivity (Wildman–Crippen MR) is 94.6 cm³/mol. The van der Waals surface area contributed by atoms with Gasteiger partial charge in [-0.2, -0.15) is 0 Å². The zero-order chi connectivity index (χ0) is 18.0. The van der Waals surface area contributed by atoms with Crippen molar-refractivity contribution in [1.29, 1.82) is 0 Å². The number of carbonyl (C=O) groups is 1. The van der Waals surface area contributed by atoms with Gasteiger partial charge in [0.25, 0.3) is 0 Å². The lowest BCUT2D eigenvalue weighted by Crippen LogP contribution is -2.39. The van der Waals surface area contributed by atoms with Gasteiger partial charge in [0.2, 0.25) is 5.44 Å². The van der Waals surface area contributed by atoms with E-state index in [1.54, 1.807) is 0 Å². The van der Waals surface area contributed by atoms with Crippen molar-refractivity contribution in [2.24, 2.45) is 11.5 Å². The van der Waals surface area contributed by atoms with Crippen molar-refractivity contribution in [3.63, 3.8) is 0 Å². The lowest BCUT2D eigenvalue weighted by molar-refractivity contribution is -0.145. The number of hydrogen-bond donors (Lipinski definition) is 2. The molecule has 0 bridgehead atoms. The molecular formula is C17H26N2O4S. The summed E-state index contributed by atoms with van der Waals surface area (Å²) in [6.45, 7) is 1.98. The van der Waals surface area contributed by atoms with Crippen molar-refractivity contribution in [2.45, 2.75) is 44.1 Å². The SMILES string of the molecule is CCCCCS(=O)(=O)C(C=CN)OC(=O)[C@@H](N)Cc1ccccc1. The molecule has 1 aromatic carbocycles. The van der Waals surface area contributed by atoms with E-state index in [4.69, 9.17) is 16.2 Å². The summed E-state index contributed by atoms with van der Waals surface area (Å²) >= 11 is 0. The van der Waals surface area contributed by atoms with E-state index < -0.39 is 27.3 Å². The minimum Gasteiger partial charge on any atom is -0.440 e. The zero-order valence-electron chi connectivity index (χ0n) is 13.9. The first-order chi connectivity index (χ1) is 11.4. The summed E-state index contributed by atoms with van der Waals surface area (Å²) in [7, 11) is -3.62. The topological polar surface area (TPSA) is 112 Å². The van der Waals surface area contributed by atoms with E-state index in [0.717, 1.165) is 30.7 Å². The van der Waals surface area contributed by atoms with E-state index in [1.807, 2.05) is 37.3 Å². The Bertz CT molecular complexity index is 629. The Morgan fingerprint density at radius 2 is 1.92 bits per heavy atom. The van der Waals surface area contributed by atoms with Gasteiger partial charge in [-0.05, 0) is 30.7 Å². The van der Waals surface area contributed by atoms with Crippen LogP contribution in [-0.2, 0) is 25.8 Å². The van der Waals surface area contributed by atoms with Gasteiger partial charge in [0.05, 0.1) is 5.75 Å². The van der Waals surface area contributed by atoms with Gasteiger partial charge in [-0.3, -0.25) is 4.79 Å². The number of sulfone groups is 1. The van der Waals surface area contributed by atoms with Gasteiger partial charge in [-0.15, -0.1) is 0 Å². The Hall–Kier alpha value is -1.86. The second kappa shape index (κ2) is 10.1. The molecule has 0 saturated heterocycles. The molecule has 0 saturated carbocycles. The van der Waals surface area contributed by atoms with E-state index in [0.29, 0.717) is 6.42 Å². The maximum atomic E-state index is 12.3. The second-order valence-corrected chi connectivity index (χ2v) is 7.76. The summed E-state index contributed by atoms with van der Waals surface area (Å²) in [6.07, 6.45) is 4.71. The first-order valence-electron chi connectivity index (χ1n) is 8.00. The van der Waals surface area contributed by atoms with Crippen molar-refractivity contribution in [2.75, 3.05) is 5.75 Å². The van der Waals surface area contributed by atoms with Crippen molar-refractivity contribution < 1.29 is 17.9 Å². The Kier molecular flexibility index (Phi) is 8.49. The van der Waals surface area contributed by atoms with Gasteiger partial charge in [-0.1, -0.05) is 50.1 Å². The van der Waals surface area contributed by atoms with E-state index in [-0.39, 0.29) is 12.2 Å². The lowest BCUT2D eigenvalue weighted by Gasteiger charge is -2.18. The van der Waals surface area contributed by atoms with E-state index >= 15 is 0 Å². The number of nitrogens with two attached hydrogens (primary N) is 2. The molecule has 0 aromatic heterocycles. The Balaban J connectivity index is 2.71. The summed E-state index contributed by atoms with van der Waals surface area (Å²) in [5.41, 5.74) is 10.6. The highest BCUT2D eigenvalue weighted by molar-refractivity contribution is 7.92. The summed E-state index contributed by atoms with van der Waals surface area (Å²) in [5.74, 6) is -0.821. The zero-order valence-corrected chi connectivity index (χ0v) is 14.7. The Morgan fingerprint density at radius 1 is 1.25 bits per heavy atom. The van der Waals surface area contributed by atoms with Crippen LogP contribution >= 0.6 is 0 Å². The molecule has 0 amide bonds. The number of unbranched alkanes of at least 4 members (excludes halogenated alkanes) is 2. The van der Waals surface area contributed by atoms with E-state index in [1.165, 1.54) is 0 Å². The van der Waals surface area contributed by atoms with Crippen LogP contribution in [0.25, 0.3) is 0 Å². The normalized spacial score (nSPS) is 14.4. The van der Waals surface area contributed by atoms with Gasteiger partial charge < -0.3 is 16.2 Å². The van der Waals surface area contributed by atoms with Crippen molar-refractivity contribution in [1.82, 2.24) is 0 Å². The van der Waals surface area contributed by atoms with Crippen molar-refractivity contribution >= 4 is 15.8 Å². The molecule has 1 aromatic rings. The maximum Gasteiger partial charge on any atom is 0.324 e. The highest BCUT2D eigenvalue weighted by Crippen LogP contribution is 2.12. The summed E-state index contributed by atoms with van der Waals surface area (Å²) in [6, 6.07) is 8.28. The van der Waals surface area contributed by atoms with E-state index in [2.05, 4.69) is 0 Å². The Labute approximate surface area is 143 Å². The number of ether oxygens (including phenoxy) is 1. The highest BCUT2D eigenvalue weighted by atomic mass is 32.2. The fraction of sp³-hybridized carbons (Fsp3) is 0.471. The van der Waals surface area contributed by atoms with Gasteiger partial charge in [0.15, 0.2) is 9.84 Å².